The molecule has 5 nitrogen and oxygen atoms in total. The minimum Gasteiger partial charge on any atom is -0.375 e. The van der Waals surface area contributed by atoms with Crippen LogP contribution < -0.4 is 5.32 Å². The second-order valence-corrected chi connectivity index (χ2v) is 10.6. The predicted molar refractivity (Wildman–Crippen MR) is 122 cm³/mol. The van der Waals surface area contributed by atoms with Crippen molar-refractivity contribution in [3.05, 3.63) is 59.2 Å². The molecule has 0 aromatic heterocycles. The van der Waals surface area contributed by atoms with Gasteiger partial charge in [0.05, 0.1) is 5.75 Å². The Kier molecular flexibility index (Phi) is 7.34. The molecule has 1 atom stereocenters. The number of allylic oxidation sites excluding steroid dienone is 1. The van der Waals surface area contributed by atoms with Crippen LogP contribution in [0.1, 0.15) is 45.1 Å². The molecule has 0 bridgehead atoms. The van der Waals surface area contributed by atoms with Gasteiger partial charge in [-0.3, -0.25) is 9.77 Å². The van der Waals surface area contributed by atoms with Gasteiger partial charge in [0.15, 0.2) is 0 Å². The number of amidine groups is 1. The average molecular weight is 433 g/mol. The van der Waals surface area contributed by atoms with Gasteiger partial charge >= 0.3 is 0 Å². The van der Waals surface area contributed by atoms with E-state index in [1.165, 1.54) is 17.8 Å². The van der Waals surface area contributed by atoms with E-state index in [0.29, 0.717) is 17.7 Å². The van der Waals surface area contributed by atoms with Crippen molar-refractivity contribution in [3.8, 4) is 0 Å². The minimum absolute atomic E-state index is 0.206. The van der Waals surface area contributed by atoms with E-state index in [1.54, 1.807) is 12.1 Å². The van der Waals surface area contributed by atoms with Crippen LogP contribution >= 0.6 is 0 Å². The van der Waals surface area contributed by atoms with Crippen molar-refractivity contribution in [2.45, 2.75) is 51.3 Å². The maximum absolute atomic E-state index is 13.1. The van der Waals surface area contributed by atoms with Gasteiger partial charge in [-0.2, -0.15) is 0 Å². The number of nitrogens with zero attached hydrogens (tertiary/aromatic N) is 2. The fraction of sp³-hybridized carbons (Fsp3) is 0.522. The van der Waals surface area contributed by atoms with Gasteiger partial charge in [0.2, 0.25) is 0 Å². The molecule has 2 N–H and O–H groups in total. The molecule has 0 spiro atoms. The molecule has 0 saturated heterocycles. The van der Waals surface area contributed by atoms with Gasteiger partial charge in [-0.25, -0.2) is 8.60 Å². The fourth-order valence-corrected chi connectivity index (χ4v) is 6.34. The van der Waals surface area contributed by atoms with Crippen LogP contribution in [0.5, 0.6) is 0 Å². The average Bonchev–Trinajstić information content (AvgIpc) is 3.17. The molecule has 1 fully saturated rings. The molecule has 164 valence electrons. The lowest BCUT2D eigenvalue weighted by molar-refractivity contribution is 0.207. The number of benzene rings is 1. The maximum Gasteiger partial charge on any atom is 0.134 e. The van der Waals surface area contributed by atoms with E-state index in [9.17, 15) is 8.60 Å². The van der Waals surface area contributed by atoms with Crippen molar-refractivity contribution in [1.82, 2.24) is 10.2 Å². The van der Waals surface area contributed by atoms with E-state index in [-0.39, 0.29) is 11.6 Å². The quantitative estimate of drug-likeness (QED) is 0.658. The zero-order valence-electron chi connectivity index (χ0n) is 18.2. The number of rotatable bonds is 7. The minimum atomic E-state index is -2.71. The van der Waals surface area contributed by atoms with Gasteiger partial charge in [0.25, 0.3) is 0 Å². The highest BCUT2D eigenvalue weighted by Gasteiger charge is 2.28. The van der Waals surface area contributed by atoms with Gasteiger partial charge < -0.3 is 10.2 Å². The summed E-state index contributed by atoms with van der Waals surface area (Å²) < 4.78 is 34.2. The summed E-state index contributed by atoms with van der Waals surface area (Å²) in [4.78, 5) is 6.88. The maximum atomic E-state index is 13.1. The molecule has 2 aliphatic rings. The first kappa shape index (κ1) is 22.5. The van der Waals surface area contributed by atoms with E-state index >= 15 is 0 Å². The Bertz CT molecular complexity index is 926. The molecule has 1 aliphatic carbocycles. The number of aliphatic imine (C=N–C) groups is 1. The standard InChI is InChI=1S/C23H33FN4OS/c1-4-26-23-22(13-14-27-23)17(2)28(3)21-11-7-19(8-12-21)16-30(25,29)15-18-5-9-20(24)10-6-18/h5-6,9-10,13-14,19,21,25H,4,7-8,11-12,15-16H2,1-3H3,(H,26,27)/b22-17+. The van der Waals surface area contributed by atoms with Crippen molar-refractivity contribution >= 4 is 15.6 Å². The molecular formula is C23H33FN4OS. The zero-order chi connectivity index (χ0) is 21.7. The Hall–Kier alpha value is -2.15. The van der Waals surface area contributed by atoms with Crippen LogP contribution in [-0.4, -0.2) is 40.3 Å². The normalized spacial score (nSPS) is 26.3. The monoisotopic (exact) mass is 432 g/mol. The van der Waals surface area contributed by atoms with Crippen LogP contribution in [0.3, 0.4) is 0 Å². The lowest BCUT2D eigenvalue weighted by Crippen LogP contribution is -2.36. The Morgan fingerprint density at radius 2 is 1.93 bits per heavy atom. The Morgan fingerprint density at radius 1 is 1.27 bits per heavy atom. The van der Waals surface area contributed by atoms with E-state index in [4.69, 9.17) is 4.78 Å². The van der Waals surface area contributed by atoms with Gasteiger partial charge in [-0.15, -0.1) is 0 Å². The lowest BCUT2D eigenvalue weighted by Gasteiger charge is -2.37. The smallest absolute Gasteiger partial charge is 0.134 e. The summed E-state index contributed by atoms with van der Waals surface area (Å²) in [6.07, 6.45) is 8.06. The lowest BCUT2D eigenvalue weighted by atomic mass is 9.86. The van der Waals surface area contributed by atoms with Crippen LogP contribution in [0.4, 0.5) is 4.39 Å². The molecule has 1 aromatic rings. The van der Waals surface area contributed by atoms with Gasteiger partial charge in [-0.1, -0.05) is 12.1 Å². The van der Waals surface area contributed by atoms with Crippen LogP contribution in [0.15, 0.2) is 52.8 Å². The predicted octanol–water partition coefficient (Wildman–Crippen LogP) is 4.67. The summed E-state index contributed by atoms with van der Waals surface area (Å²) in [5.74, 6) is 1.58. The second kappa shape index (κ2) is 9.77. The van der Waals surface area contributed by atoms with E-state index in [2.05, 4.69) is 35.3 Å². The summed E-state index contributed by atoms with van der Waals surface area (Å²) in [5, 5.41) is 3.21. The molecule has 1 aliphatic heterocycles. The van der Waals surface area contributed by atoms with Crippen molar-refractivity contribution < 1.29 is 8.60 Å². The molecule has 1 unspecified atom stereocenters. The molecule has 30 heavy (non-hydrogen) atoms. The van der Waals surface area contributed by atoms with Crippen molar-refractivity contribution in [2.75, 3.05) is 19.3 Å². The zero-order valence-corrected chi connectivity index (χ0v) is 19.0. The SMILES string of the molecule is CC/N=C1/NC=C/C1=C(/C)N(C)C1CCC(CS(=N)(=O)Cc2ccc(F)cc2)CC1. The highest BCUT2D eigenvalue weighted by molar-refractivity contribution is 7.91. The summed E-state index contributed by atoms with van der Waals surface area (Å²) >= 11 is 0. The van der Waals surface area contributed by atoms with Gasteiger partial charge in [-0.05, 0) is 69.2 Å². The van der Waals surface area contributed by atoms with Crippen molar-refractivity contribution in [2.24, 2.45) is 10.9 Å². The third-order valence-corrected chi connectivity index (χ3v) is 7.95. The molecule has 7 heteroatoms. The first-order valence-corrected chi connectivity index (χ1v) is 12.6. The first-order valence-electron chi connectivity index (χ1n) is 10.7. The molecule has 0 amide bonds. The van der Waals surface area contributed by atoms with Crippen LogP contribution in [0.25, 0.3) is 0 Å². The van der Waals surface area contributed by atoms with Gasteiger partial charge in [0, 0.05) is 52.6 Å². The molecule has 3 rings (SSSR count). The Balaban J connectivity index is 1.56. The van der Waals surface area contributed by atoms with Crippen LogP contribution in [-0.2, 0) is 15.5 Å². The third kappa shape index (κ3) is 5.72. The topological polar surface area (TPSA) is 68.6 Å². The van der Waals surface area contributed by atoms with Gasteiger partial charge in [0.1, 0.15) is 11.7 Å². The highest BCUT2D eigenvalue weighted by atomic mass is 32.2. The van der Waals surface area contributed by atoms with Crippen molar-refractivity contribution in [3.63, 3.8) is 0 Å². The highest BCUT2D eigenvalue weighted by Crippen LogP contribution is 2.31. The second-order valence-electron chi connectivity index (χ2n) is 8.33. The summed E-state index contributed by atoms with van der Waals surface area (Å²) in [7, 11) is -0.562. The van der Waals surface area contributed by atoms with E-state index in [0.717, 1.165) is 49.2 Å². The van der Waals surface area contributed by atoms with Crippen molar-refractivity contribution in [1.29, 1.82) is 4.78 Å². The third-order valence-electron chi connectivity index (χ3n) is 6.14. The fourth-order valence-electron chi connectivity index (χ4n) is 4.39. The molecular weight excluding hydrogens is 399 g/mol. The largest absolute Gasteiger partial charge is 0.375 e. The Morgan fingerprint density at radius 3 is 2.57 bits per heavy atom. The summed E-state index contributed by atoms with van der Waals surface area (Å²) in [5.41, 5.74) is 3.14. The number of hydrogen-bond donors (Lipinski definition) is 2. The van der Waals surface area contributed by atoms with E-state index < -0.39 is 9.73 Å². The number of halogens is 1. The Labute approximate surface area is 180 Å². The van der Waals surface area contributed by atoms with Crippen LogP contribution in [0, 0.1) is 16.5 Å². The first-order chi connectivity index (χ1) is 14.3. The summed E-state index contributed by atoms with van der Waals surface area (Å²) in [6, 6.07) is 6.45. The molecule has 1 heterocycles. The summed E-state index contributed by atoms with van der Waals surface area (Å²) in [6.45, 7) is 4.93. The number of nitrogens with one attached hydrogen (secondary N) is 2. The van der Waals surface area contributed by atoms with Crippen LogP contribution in [0.2, 0.25) is 0 Å². The molecule has 0 radical (unpaired) electrons. The molecule has 1 aromatic carbocycles. The van der Waals surface area contributed by atoms with E-state index in [1.807, 2.05) is 13.1 Å². The number of hydrogen-bond acceptors (Lipinski definition) is 4. The molecule has 1 saturated carbocycles.